The van der Waals surface area contributed by atoms with Crippen LogP contribution in [0.1, 0.15) is 77.5 Å². The summed E-state index contributed by atoms with van der Waals surface area (Å²) < 4.78 is 16.9. The summed E-state index contributed by atoms with van der Waals surface area (Å²) in [5.74, 6) is 2.30. The zero-order valence-corrected chi connectivity index (χ0v) is 32.3. The molecule has 0 saturated carbocycles. The van der Waals surface area contributed by atoms with E-state index in [1.54, 1.807) is 0 Å². The number of terminal acetylenes is 1. The van der Waals surface area contributed by atoms with Gasteiger partial charge in [0.2, 0.25) is 6.54 Å². The topological polar surface area (TPSA) is 105 Å². The van der Waals surface area contributed by atoms with Crippen molar-refractivity contribution in [2.75, 3.05) is 26.4 Å². The fourth-order valence-electron chi connectivity index (χ4n) is 4.90. The van der Waals surface area contributed by atoms with Crippen molar-refractivity contribution in [3.63, 3.8) is 0 Å². The highest BCUT2D eigenvalue weighted by Crippen LogP contribution is 2.18. The second-order valence-electron chi connectivity index (χ2n) is 13.7. The quantitative estimate of drug-likeness (QED) is 0.0441. The van der Waals surface area contributed by atoms with Gasteiger partial charge in [-0.2, -0.15) is 0 Å². The standard InChI is InChI=1S/C14H21NO3.2C14H20O2.C2H2/c1-12(2)14(8-9-15(16)17)11-18-10-13-6-4-3-5-7-13;2*1-12(2)14(8-9-15)11-16-10-13-6-4-3-5-7-13;1-2/h3-7,12,14H,8-11H2,1-2H3;2*3-7,9,12,14H,8,10-11H2,1-2H3;1-2H/t3*14-;/m111./s1. The van der Waals surface area contributed by atoms with Crippen LogP contribution in [0, 0.1) is 58.5 Å². The summed E-state index contributed by atoms with van der Waals surface area (Å²) in [6.07, 6.45) is 11.7. The Hall–Kier alpha value is -4.16. The maximum Gasteiger partial charge on any atom is 0.204 e. The van der Waals surface area contributed by atoms with E-state index in [2.05, 4.69) is 54.4 Å². The number of nitrogens with zero attached hydrogens (tertiary/aromatic N) is 1. The summed E-state index contributed by atoms with van der Waals surface area (Å²) in [5.41, 5.74) is 3.49. The van der Waals surface area contributed by atoms with Gasteiger partial charge in [-0.05, 0) is 52.2 Å². The largest absolute Gasteiger partial charge is 0.376 e. The molecule has 3 aromatic carbocycles. The number of hydrogen-bond acceptors (Lipinski definition) is 7. The number of carbonyl (C=O) groups is 2. The molecule has 0 amide bonds. The summed E-state index contributed by atoms with van der Waals surface area (Å²) in [6, 6.07) is 30.1. The third-order valence-electron chi connectivity index (χ3n) is 8.64. The highest BCUT2D eigenvalue weighted by Gasteiger charge is 2.17. The lowest BCUT2D eigenvalue weighted by Crippen LogP contribution is -2.19. The molecule has 0 fully saturated rings. The fourth-order valence-corrected chi connectivity index (χ4v) is 4.90. The van der Waals surface area contributed by atoms with E-state index in [-0.39, 0.29) is 17.4 Å². The molecule has 0 spiro atoms. The lowest BCUT2D eigenvalue weighted by molar-refractivity contribution is -0.482. The number of carbonyl (C=O) groups excluding carboxylic acids is 2. The minimum Gasteiger partial charge on any atom is -0.376 e. The van der Waals surface area contributed by atoms with Crippen molar-refractivity contribution in [1.29, 1.82) is 0 Å². The van der Waals surface area contributed by atoms with E-state index in [0.29, 0.717) is 88.5 Å². The molecule has 0 aliphatic rings. The summed E-state index contributed by atoms with van der Waals surface area (Å²) in [7, 11) is 0. The van der Waals surface area contributed by atoms with Gasteiger partial charge in [-0.25, -0.2) is 0 Å². The maximum atomic E-state index is 10.5. The first-order chi connectivity index (χ1) is 25.1. The van der Waals surface area contributed by atoms with Gasteiger partial charge >= 0.3 is 0 Å². The number of aldehydes is 2. The Morgan fingerprint density at radius 1 is 0.558 bits per heavy atom. The summed E-state index contributed by atoms with van der Waals surface area (Å²) in [6.45, 7) is 16.4. The van der Waals surface area contributed by atoms with Crippen LogP contribution in [0.2, 0.25) is 0 Å². The monoisotopic (exact) mass is 717 g/mol. The van der Waals surface area contributed by atoms with Gasteiger partial charge in [-0.15, -0.1) is 12.8 Å². The van der Waals surface area contributed by atoms with Crippen LogP contribution in [0.4, 0.5) is 0 Å². The van der Waals surface area contributed by atoms with Crippen LogP contribution in [0.15, 0.2) is 91.0 Å². The molecule has 0 N–H and O–H groups in total. The molecular formula is C44H63NO7. The summed E-state index contributed by atoms with van der Waals surface area (Å²) >= 11 is 0. The predicted octanol–water partition coefficient (Wildman–Crippen LogP) is 9.52. The van der Waals surface area contributed by atoms with Gasteiger partial charge in [0, 0.05) is 24.2 Å². The van der Waals surface area contributed by atoms with E-state index in [9.17, 15) is 19.7 Å². The Balaban J connectivity index is 0.000000734. The van der Waals surface area contributed by atoms with Gasteiger partial charge in [-0.3, -0.25) is 10.1 Å². The zero-order valence-electron chi connectivity index (χ0n) is 32.3. The van der Waals surface area contributed by atoms with Crippen LogP contribution in [-0.4, -0.2) is 43.9 Å². The average Bonchev–Trinajstić information content (AvgIpc) is 3.14. The molecule has 3 aromatic rings. The average molecular weight is 718 g/mol. The molecule has 0 heterocycles. The first-order valence-electron chi connectivity index (χ1n) is 18.2. The first kappa shape index (κ1) is 47.8. The molecule has 0 aromatic heterocycles. The minimum atomic E-state index is -0.257. The van der Waals surface area contributed by atoms with Gasteiger partial charge in [0.15, 0.2) is 0 Å². The molecule has 0 aliphatic heterocycles. The highest BCUT2D eigenvalue weighted by atomic mass is 16.6. The second-order valence-corrected chi connectivity index (χ2v) is 13.7. The van der Waals surface area contributed by atoms with Crippen molar-refractivity contribution >= 4 is 12.6 Å². The Morgan fingerprint density at radius 3 is 1.10 bits per heavy atom. The number of benzene rings is 3. The van der Waals surface area contributed by atoms with Crippen LogP contribution in [-0.2, 0) is 43.6 Å². The Morgan fingerprint density at radius 2 is 0.846 bits per heavy atom. The van der Waals surface area contributed by atoms with Crippen LogP contribution < -0.4 is 0 Å². The Bertz CT molecular complexity index is 1230. The molecule has 0 radical (unpaired) electrons. The molecule has 8 nitrogen and oxygen atoms in total. The van der Waals surface area contributed by atoms with Gasteiger partial charge in [0.1, 0.15) is 12.6 Å². The molecule has 8 heteroatoms. The molecule has 286 valence electrons. The Kier molecular flexibility index (Phi) is 29.0. The van der Waals surface area contributed by atoms with Crippen molar-refractivity contribution < 1.29 is 28.7 Å². The molecule has 3 atom stereocenters. The molecule has 52 heavy (non-hydrogen) atoms. The van der Waals surface area contributed by atoms with E-state index in [1.807, 2.05) is 91.0 Å². The number of rotatable bonds is 22. The second kappa shape index (κ2) is 31.6. The number of hydrogen-bond donors (Lipinski definition) is 0. The van der Waals surface area contributed by atoms with Crippen LogP contribution in [0.3, 0.4) is 0 Å². The van der Waals surface area contributed by atoms with Crippen molar-refractivity contribution in [2.45, 2.75) is 80.6 Å². The zero-order chi connectivity index (χ0) is 39.0. The molecule has 0 unspecified atom stereocenters. The molecule has 3 rings (SSSR count). The van der Waals surface area contributed by atoms with E-state index in [1.165, 1.54) is 11.1 Å². The maximum absolute atomic E-state index is 10.5. The van der Waals surface area contributed by atoms with Crippen molar-refractivity contribution in [3.05, 3.63) is 118 Å². The fraction of sp³-hybridized carbons (Fsp3) is 0.500. The summed E-state index contributed by atoms with van der Waals surface area (Å²) in [4.78, 5) is 31.1. The minimum absolute atomic E-state index is 0.0253. The smallest absolute Gasteiger partial charge is 0.204 e. The predicted molar refractivity (Wildman–Crippen MR) is 211 cm³/mol. The van der Waals surface area contributed by atoms with Gasteiger partial charge in [0.25, 0.3) is 0 Å². The molecule has 0 aliphatic carbocycles. The van der Waals surface area contributed by atoms with Crippen molar-refractivity contribution in [2.24, 2.45) is 35.5 Å². The van der Waals surface area contributed by atoms with Crippen LogP contribution >= 0.6 is 0 Å². The summed E-state index contributed by atoms with van der Waals surface area (Å²) in [5, 5.41) is 10.4. The van der Waals surface area contributed by atoms with E-state index in [4.69, 9.17) is 14.2 Å². The van der Waals surface area contributed by atoms with Gasteiger partial charge < -0.3 is 23.8 Å². The van der Waals surface area contributed by atoms with Crippen LogP contribution in [0.5, 0.6) is 0 Å². The highest BCUT2D eigenvalue weighted by molar-refractivity contribution is 5.50. The van der Waals surface area contributed by atoms with E-state index in [0.717, 1.165) is 18.1 Å². The van der Waals surface area contributed by atoms with Crippen molar-refractivity contribution in [1.82, 2.24) is 0 Å². The van der Waals surface area contributed by atoms with Crippen LogP contribution in [0.25, 0.3) is 0 Å². The van der Waals surface area contributed by atoms with Gasteiger partial charge in [0.05, 0.1) is 39.6 Å². The van der Waals surface area contributed by atoms with Crippen molar-refractivity contribution in [3.8, 4) is 12.8 Å². The lowest BCUT2D eigenvalue weighted by Gasteiger charge is -2.19. The van der Waals surface area contributed by atoms with Gasteiger partial charge in [-0.1, -0.05) is 133 Å². The third kappa shape index (κ3) is 24.9. The normalized spacial score (nSPS) is 12.2. The first-order valence-corrected chi connectivity index (χ1v) is 18.2. The van der Waals surface area contributed by atoms with E-state index < -0.39 is 0 Å². The number of ether oxygens (including phenoxy) is 3. The molecule has 0 bridgehead atoms. The Labute approximate surface area is 313 Å². The molecular weight excluding hydrogens is 654 g/mol. The lowest BCUT2D eigenvalue weighted by atomic mass is 9.93. The molecule has 0 saturated heterocycles. The van der Waals surface area contributed by atoms with E-state index >= 15 is 0 Å². The number of nitro groups is 1. The SMILES string of the molecule is C#C.CC(C)[C@H](CC=O)COCc1ccccc1.CC(C)[C@H](CC=O)COCc1ccccc1.CC(C)[C@H](CC[N+](=O)[O-])COCc1ccccc1. The third-order valence-corrected chi connectivity index (χ3v) is 8.64.